The minimum Gasteiger partial charge on any atom is -0.480 e. The summed E-state index contributed by atoms with van der Waals surface area (Å²) in [6.07, 6.45) is 1.61. The van der Waals surface area contributed by atoms with Crippen LogP contribution in [-0.4, -0.2) is 34.1 Å². The van der Waals surface area contributed by atoms with Gasteiger partial charge in [-0.3, -0.25) is 4.68 Å². The van der Waals surface area contributed by atoms with Gasteiger partial charge in [0, 0.05) is 13.1 Å². The standard InChI is InChI=1S/C11H14ClN5O/c1-13-10(11-7(12)6-14-17(11)2)8-4-5-9(18-3)16-15-8/h4-6,10,13H,1-3H3. The lowest BCUT2D eigenvalue weighted by Gasteiger charge is -2.16. The molecule has 0 saturated heterocycles. The summed E-state index contributed by atoms with van der Waals surface area (Å²) in [7, 11) is 5.22. The number of nitrogens with zero attached hydrogens (tertiary/aromatic N) is 4. The predicted molar refractivity (Wildman–Crippen MR) is 67.7 cm³/mol. The third-order valence-corrected chi connectivity index (χ3v) is 2.96. The molecule has 0 aromatic carbocycles. The van der Waals surface area contributed by atoms with Gasteiger partial charge < -0.3 is 10.1 Å². The van der Waals surface area contributed by atoms with E-state index in [2.05, 4.69) is 20.6 Å². The molecule has 1 unspecified atom stereocenters. The van der Waals surface area contributed by atoms with Crippen molar-refractivity contribution < 1.29 is 4.74 Å². The molecule has 2 aromatic rings. The molecular weight excluding hydrogens is 254 g/mol. The molecule has 0 radical (unpaired) electrons. The first-order valence-electron chi connectivity index (χ1n) is 5.39. The van der Waals surface area contributed by atoms with Gasteiger partial charge in [-0.1, -0.05) is 11.6 Å². The van der Waals surface area contributed by atoms with Gasteiger partial charge in [-0.2, -0.15) is 5.10 Å². The molecule has 2 aromatic heterocycles. The van der Waals surface area contributed by atoms with Crippen molar-refractivity contribution in [3.8, 4) is 5.88 Å². The zero-order valence-corrected chi connectivity index (χ0v) is 11.1. The van der Waals surface area contributed by atoms with E-state index in [0.29, 0.717) is 10.9 Å². The van der Waals surface area contributed by atoms with Crippen LogP contribution in [-0.2, 0) is 7.05 Å². The first-order valence-corrected chi connectivity index (χ1v) is 5.77. The quantitative estimate of drug-likeness (QED) is 0.901. The van der Waals surface area contributed by atoms with E-state index in [1.54, 1.807) is 24.1 Å². The highest BCUT2D eigenvalue weighted by molar-refractivity contribution is 6.31. The van der Waals surface area contributed by atoms with Crippen LogP contribution in [0.5, 0.6) is 5.88 Å². The first-order chi connectivity index (χ1) is 8.67. The maximum absolute atomic E-state index is 6.13. The van der Waals surface area contributed by atoms with Crippen molar-refractivity contribution in [1.82, 2.24) is 25.3 Å². The Balaban J connectivity index is 2.39. The summed E-state index contributed by atoms with van der Waals surface area (Å²) in [5, 5.41) is 15.9. The molecule has 7 heteroatoms. The molecule has 1 atom stereocenters. The van der Waals surface area contributed by atoms with Crippen molar-refractivity contribution >= 4 is 11.6 Å². The van der Waals surface area contributed by atoms with Crippen LogP contribution in [0.2, 0.25) is 5.02 Å². The number of hydrogen-bond donors (Lipinski definition) is 1. The summed E-state index contributed by atoms with van der Waals surface area (Å²) < 4.78 is 6.70. The summed E-state index contributed by atoms with van der Waals surface area (Å²) >= 11 is 6.13. The third-order valence-electron chi connectivity index (χ3n) is 2.67. The van der Waals surface area contributed by atoms with Crippen LogP contribution >= 0.6 is 11.6 Å². The van der Waals surface area contributed by atoms with E-state index in [9.17, 15) is 0 Å². The van der Waals surface area contributed by atoms with Crippen LogP contribution in [0.3, 0.4) is 0 Å². The van der Waals surface area contributed by atoms with Gasteiger partial charge in [-0.15, -0.1) is 10.2 Å². The normalized spacial score (nSPS) is 12.4. The SMILES string of the molecule is CNC(c1ccc(OC)nn1)c1c(Cl)cnn1C. The summed E-state index contributed by atoms with van der Waals surface area (Å²) in [6, 6.07) is 3.44. The fourth-order valence-electron chi connectivity index (χ4n) is 1.76. The number of methoxy groups -OCH3 is 1. The average Bonchev–Trinajstić information content (AvgIpc) is 2.72. The maximum Gasteiger partial charge on any atom is 0.233 e. The molecule has 2 heterocycles. The Hall–Kier alpha value is -1.66. The van der Waals surface area contributed by atoms with Crippen LogP contribution in [0.25, 0.3) is 0 Å². The van der Waals surface area contributed by atoms with Crippen molar-refractivity contribution in [3.05, 3.63) is 34.7 Å². The van der Waals surface area contributed by atoms with Gasteiger partial charge in [0.1, 0.15) is 0 Å². The minimum atomic E-state index is -0.164. The molecular formula is C11H14ClN5O. The Labute approximate surface area is 110 Å². The first kappa shape index (κ1) is 12.8. The van der Waals surface area contributed by atoms with Crippen molar-refractivity contribution in [2.24, 2.45) is 7.05 Å². The number of halogens is 1. The highest BCUT2D eigenvalue weighted by Gasteiger charge is 2.21. The predicted octanol–water partition coefficient (Wildman–Crippen LogP) is 1.18. The van der Waals surface area contributed by atoms with Gasteiger partial charge >= 0.3 is 0 Å². The van der Waals surface area contributed by atoms with Crippen LogP contribution in [0.1, 0.15) is 17.4 Å². The van der Waals surface area contributed by atoms with E-state index >= 15 is 0 Å². The third kappa shape index (κ3) is 2.30. The molecule has 0 bridgehead atoms. The fourth-order valence-corrected chi connectivity index (χ4v) is 2.04. The lowest BCUT2D eigenvalue weighted by Crippen LogP contribution is -2.22. The topological polar surface area (TPSA) is 64.9 Å². The Morgan fingerprint density at radius 3 is 2.61 bits per heavy atom. The van der Waals surface area contributed by atoms with Crippen molar-refractivity contribution in [1.29, 1.82) is 0 Å². The van der Waals surface area contributed by atoms with E-state index < -0.39 is 0 Å². The molecule has 0 amide bonds. The van der Waals surface area contributed by atoms with Crippen LogP contribution in [0, 0.1) is 0 Å². The molecule has 0 aliphatic rings. The highest BCUT2D eigenvalue weighted by Crippen LogP contribution is 2.26. The second kappa shape index (κ2) is 5.32. The Morgan fingerprint density at radius 1 is 1.39 bits per heavy atom. The van der Waals surface area contributed by atoms with E-state index in [1.165, 1.54) is 0 Å². The van der Waals surface area contributed by atoms with Crippen LogP contribution in [0.4, 0.5) is 0 Å². The van der Waals surface area contributed by atoms with Gasteiger partial charge in [-0.05, 0) is 13.1 Å². The number of ether oxygens (including phenoxy) is 1. The molecule has 0 aliphatic heterocycles. The summed E-state index contributed by atoms with van der Waals surface area (Å²) in [4.78, 5) is 0. The van der Waals surface area contributed by atoms with Crippen molar-refractivity contribution in [3.63, 3.8) is 0 Å². The van der Waals surface area contributed by atoms with Crippen molar-refractivity contribution in [2.45, 2.75) is 6.04 Å². The van der Waals surface area contributed by atoms with Crippen LogP contribution < -0.4 is 10.1 Å². The molecule has 0 fully saturated rings. The molecule has 0 spiro atoms. The van der Waals surface area contributed by atoms with Gasteiger partial charge in [0.2, 0.25) is 5.88 Å². The zero-order valence-electron chi connectivity index (χ0n) is 10.4. The molecule has 0 aliphatic carbocycles. The second-order valence-electron chi connectivity index (χ2n) is 3.72. The number of aryl methyl sites for hydroxylation is 1. The lowest BCUT2D eigenvalue weighted by atomic mass is 10.1. The fraction of sp³-hybridized carbons (Fsp3) is 0.364. The minimum absolute atomic E-state index is 0.164. The van der Waals surface area contributed by atoms with Gasteiger partial charge in [0.15, 0.2) is 0 Å². The second-order valence-corrected chi connectivity index (χ2v) is 4.13. The van der Waals surface area contributed by atoms with Gasteiger partial charge in [0.05, 0.1) is 35.8 Å². The van der Waals surface area contributed by atoms with Crippen molar-refractivity contribution in [2.75, 3.05) is 14.2 Å². The Kier molecular flexibility index (Phi) is 3.78. The zero-order chi connectivity index (χ0) is 13.1. The molecule has 1 N–H and O–H groups in total. The number of nitrogens with one attached hydrogen (secondary N) is 1. The maximum atomic E-state index is 6.13. The van der Waals surface area contributed by atoms with Gasteiger partial charge in [-0.25, -0.2) is 0 Å². The highest BCUT2D eigenvalue weighted by atomic mass is 35.5. The summed E-state index contributed by atoms with van der Waals surface area (Å²) in [6.45, 7) is 0. The average molecular weight is 268 g/mol. The number of hydrogen-bond acceptors (Lipinski definition) is 5. The largest absolute Gasteiger partial charge is 0.480 e. The molecule has 0 saturated carbocycles. The molecule has 2 rings (SSSR count). The number of rotatable bonds is 4. The Morgan fingerprint density at radius 2 is 2.17 bits per heavy atom. The van der Waals surface area contributed by atoms with E-state index in [1.807, 2.05) is 20.2 Å². The van der Waals surface area contributed by atoms with E-state index in [4.69, 9.17) is 16.3 Å². The summed E-state index contributed by atoms with van der Waals surface area (Å²) in [5.41, 5.74) is 1.60. The smallest absolute Gasteiger partial charge is 0.233 e. The summed E-state index contributed by atoms with van der Waals surface area (Å²) in [5.74, 6) is 0.477. The Bertz CT molecular complexity index is 505. The lowest BCUT2D eigenvalue weighted by molar-refractivity contribution is 0.390. The van der Waals surface area contributed by atoms with Crippen LogP contribution in [0.15, 0.2) is 18.3 Å². The van der Waals surface area contributed by atoms with E-state index in [-0.39, 0.29) is 6.04 Å². The van der Waals surface area contributed by atoms with Gasteiger partial charge in [0.25, 0.3) is 0 Å². The molecule has 6 nitrogen and oxygen atoms in total. The van der Waals surface area contributed by atoms with E-state index in [0.717, 1.165) is 11.4 Å². The molecule has 18 heavy (non-hydrogen) atoms. The number of aromatic nitrogens is 4. The monoisotopic (exact) mass is 267 g/mol. The molecule has 96 valence electrons.